The number of fused-ring (bicyclic) bond motifs is 1. The Hall–Kier alpha value is -2.18. The van der Waals surface area contributed by atoms with Crippen molar-refractivity contribution in [1.29, 1.82) is 0 Å². The molecule has 1 aliphatic heterocycles. The SMILES string of the molecule is CN1Cc2nc(C(=O)N[C@@H]3C[C@@H](N(C)C)CC[C@@H]3NC(=S)C(=O)Nc3ccc(Cl)cn3)sc2C1. The number of halogens is 1. The van der Waals surface area contributed by atoms with Gasteiger partial charge in [-0.05, 0) is 52.5 Å². The molecule has 2 amide bonds. The average molecular weight is 522 g/mol. The zero-order valence-corrected chi connectivity index (χ0v) is 21.7. The molecule has 0 radical (unpaired) electrons. The van der Waals surface area contributed by atoms with Crippen molar-refractivity contribution in [2.45, 2.75) is 50.5 Å². The first-order valence-electron chi connectivity index (χ1n) is 11.1. The summed E-state index contributed by atoms with van der Waals surface area (Å²) in [6.07, 6.45) is 3.89. The Kier molecular flexibility index (Phi) is 7.78. The molecule has 1 aliphatic carbocycles. The van der Waals surface area contributed by atoms with Crippen LogP contribution in [-0.2, 0) is 17.9 Å². The van der Waals surface area contributed by atoms with E-state index in [1.54, 1.807) is 12.1 Å². The lowest BCUT2D eigenvalue weighted by atomic mass is 9.86. The second-order valence-electron chi connectivity index (χ2n) is 8.97. The largest absolute Gasteiger partial charge is 0.367 e. The highest BCUT2D eigenvalue weighted by atomic mass is 35.5. The number of carbonyl (C=O) groups excluding carboxylic acids is 2. The van der Waals surface area contributed by atoms with Crippen LogP contribution < -0.4 is 16.0 Å². The standard InChI is InChI=1S/C22H28ClN7O2S2/c1-29(2)13-5-6-14(26-21(33)19(31)28-18-7-4-12(23)9-24-18)15(8-13)25-20(32)22-27-16-10-30(3)11-17(16)34-22/h4,7,9,13-15H,5-6,8,10-11H2,1-3H3,(H,25,32)(H,26,33)(H,24,28,31)/t13-,14-,15+/m0/s1. The third-order valence-corrected chi connectivity index (χ3v) is 7.77. The number of anilines is 1. The zero-order chi connectivity index (χ0) is 24.4. The van der Waals surface area contributed by atoms with Crippen molar-refractivity contribution < 1.29 is 9.59 Å². The van der Waals surface area contributed by atoms with E-state index >= 15 is 0 Å². The summed E-state index contributed by atoms with van der Waals surface area (Å²) in [6, 6.07) is 3.20. The fraction of sp³-hybridized carbons (Fsp3) is 0.500. The minimum absolute atomic E-state index is 0.0561. The fourth-order valence-corrected chi connectivity index (χ4v) is 5.69. The summed E-state index contributed by atoms with van der Waals surface area (Å²) in [5.41, 5.74) is 0.982. The summed E-state index contributed by atoms with van der Waals surface area (Å²) in [6.45, 7) is 1.59. The summed E-state index contributed by atoms with van der Waals surface area (Å²) in [5.74, 6) is -0.272. The number of aromatic nitrogens is 2. The average Bonchev–Trinajstić information content (AvgIpc) is 3.34. The predicted octanol–water partition coefficient (Wildman–Crippen LogP) is 2.27. The van der Waals surface area contributed by atoms with Crippen LogP contribution in [0, 0.1) is 0 Å². The molecule has 2 aromatic heterocycles. The van der Waals surface area contributed by atoms with Crippen LogP contribution in [0.25, 0.3) is 0 Å². The number of carbonyl (C=O) groups is 2. The highest BCUT2D eigenvalue weighted by Gasteiger charge is 2.35. The summed E-state index contributed by atoms with van der Waals surface area (Å²) >= 11 is 12.7. The maximum atomic E-state index is 13.1. The summed E-state index contributed by atoms with van der Waals surface area (Å²) in [5, 5.41) is 9.96. The molecule has 182 valence electrons. The molecule has 2 aromatic rings. The third-order valence-electron chi connectivity index (χ3n) is 6.17. The van der Waals surface area contributed by atoms with Crippen LogP contribution >= 0.6 is 35.2 Å². The van der Waals surface area contributed by atoms with E-state index in [0.717, 1.165) is 42.9 Å². The van der Waals surface area contributed by atoms with Crippen LogP contribution in [0.3, 0.4) is 0 Å². The number of nitrogens with one attached hydrogen (secondary N) is 3. The Bertz CT molecular complexity index is 1050. The number of thiocarbonyl (C=S) groups is 1. The minimum atomic E-state index is -0.454. The summed E-state index contributed by atoms with van der Waals surface area (Å²) < 4.78 is 0. The zero-order valence-electron chi connectivity index (χ0n) is 19.3. The van der Waals surface area contributed by atoms with Gasteiger partial charge in [0.05, 0.1) is 16.8 Å². The Morgan fingerprint density at radius 3 is 2.68 bits per heavy atom. The van der Waals surface area contributed by atoms with Gasteiger partial charge in [0, 0.05) is 36.2 Å². The van der Waals surface area contributed by atoms with Crippen LogP contribution in [0.4, 0.5) is 5.82 Å². The van der Waals surface area contributed by atoms with Crippen LogP contribution in [0.15, 0.2) is 18.3 Å². The number of amides is 2. The molecule has 0 saturated heterocycles. The minimum Gasteiger partial charge on any atom is -0.367 e. The Morgan fingerprint density at radius 2 is 2.00 bits per heavy atom. The molecule has 1 fully saturated rings. The van der Waals surface area contributed by atoms with Gasteiger partial charge in [-0.15, -0.1) is 11.3 Å². The van der Waals surface area contributed by atoms with Gasteiger partial charge in [-0.25, -0.2) is 9.97 Å². The van der Waals surface area contributed by atoms with Gasteiger partial charge >= 0.3 is 0 Å². The number of hydrogen-bond acceptors (Lipinski definition) is 8. The van der Waals surface area contributed by atoms with Gasteiger partial charge < -0.3 is 20.9 Å². The van der Waals surface area contributed by atoms with Crippen molar-refractivity contribution >= 4 is 57.8 Å². The Balaban J connectivity index is 1.41. The molecule has 12 heteroatoms. The second-order valence-corrected chi connectivity index (χ2v) is 10.9. The first-order valence-corrected chi connectivity index (χ1v) is 12.7. The van der Waals surface area contributed by atoms with Crippen molar-refractivity contribution in [3.63, 3.8) is 0 Å². The molecule has 3 N–H and O–H groups in total. The Morgan fingerprint density at radius 1 is 1.21 bits per heavy atom. The van der Waals surface area contributed by atoms with Gasteiger partial charge in [0.2, 0.25) is 0 Å². The molecular formula is C22H28ClN7O2S2. The van der Waals surface area contributed by atoms with Crippen LogP contribution in [0.1, 0.15) is 39.6 Å². The van der Waals surface area contributed by atoms with Crippen molar-refractivity contribution in [3.05, 3.63) is 38.9 Å². The maximum Gasteiger partial charge on any atom is 0.284 e. The molecule has 34 heavy (non-hydrogen) atoms. The van der Waals surface area contributed by atoms with Crippen molar-refractivity contribution in [2.75, 3.05) is 26.5 Å². The molecular weight excluding hydrogens is 494 g/mol. The highest BCUT2D eigenvalue weighted by Crippen LogP contribution is 2.28. The van der Waals surface area contributed by atoms with Crippen molar-refractivity contribution in [2.24, 2.45) is 0 Å². The molecule has 2 aliphatic rings. The van der Waals surface area contributed by atoms with Gasteiger partial charge in [0.1, 0.15) is 5.82 Å². The summed E-state index contributed by atoms with van der Waals surface area (Å²) in [7, 11) is 6.11. The topological polar surface area (TPSA) is 102 Å². The smallest absolute Gasteiger partial charge is 0.284 e. The normalized spacial score (nSPS) is 22.3. The molecule has 0 aromatic carbocycles. The maximum absolute atomic E-state index is 13.1. The fourth-order valence-electron chi connectivity index (χ4n) is 4.32. The third kappa shape index (κ3) is 5.89. The molecule has 3 heterocycles. The molecule has 3 atom stereocenters. The first kappa shape index (κ1) is 24.9. The van der Waals surface area contributed by atoms with E-state index in [1.165, 1.54) is 17.5 Å². The van der Waals surface area contributed by atoms with Gasteiger partial charge in [-0.3, -0.25) is 14.5 Å². The monoisotopic (exact) mass is 521 g/mol. The summed E-state index contributed by atoms with van der Waals surface area (Å²) in [4.78, 5) is 39.8. The van der Waals surface area contributed by atoms with E-state index in [4.69, 9.17) is 23.8 Å². The van der Waals surface area contributed by atoms with E-state index in [1.807, 2.05) is 21.1 Å². The highest BCUT2D eigenvalue weighted by molar-refractivity contribution is 7.82. The predicted molar refractivity (Wildman–Crippen MR) is 137 cm³/mol. The van der Waals surface area contributed by atoms with Gasteiger partial charge in [-0.2, -0.15) is 0 Å². The lowest BCUT2D eigenvalue weighted by Gasteiger charge is -2.39. The number of pyridine rings is 1. The molecule has 0 spiro atoms. The number of thiazole rings is 1. The molecule has 0 bridgehead atoms. The number of nitrogens with zero attached hydrogens (tertiary/aromatic N) is 4. The van der Waals surface area contributed by atoms with E-state index in [2.05, 4.69) is 35.7 Å². The molecule has 1 saturated carbocycles. The van der Waals surface area contributed by atoms with Gasteiger partial charge in [-0.1, -0.05) is 23.8 Å². The van der Waals surface area contributed by atoms with E-state index < -0.39 is 5.91 Å². The lowest BCUT2D eigenvalue weighted by Crippen LogP contribution is -2.58. The van der Waals surface area contributed by atoms with E-state index in [9.17, 15) is 9.59 Å². The molecule has 9 nitrogen and oxygen atoms in total. The lowest BCUT2D eigenvalue weighted by molar-refractivity contribution is -0.110. The van der Waals surface area contributed by atoms with Gasteiger partial charge in [0.15, 0.2) is 10.00 Å². The van der Waals surface area contributed by atoms with Gasteiger partial charge in [0.25, 0.3) is 11.8 Å². The van der Waals surface area contributed by atoms with Crippen LogP contribution in [0.5, 0.6) is 0 Å². The first-order chi connectivity index (χ1) is 16.2. The number of rotatable bonds is 5. The van der Waals surface area contributed by atoms with Crippen molar-refractivity contribution in [1.82, 2.24) is 30.4 Å². The van der Waals surface area contributed by atoms with E-state index in [0.29, 0.717) is 21.9 Å². The van der Waals surface area contributed by atoms with Crippen LogP contribution in [-0.4, -0.2) is 75.8 Å². The molecule has 0 unspecified atom stereocenters. The quantitative estimate of drug-likeness (QED) is 0.515. The van der Waals surface area contributed by atoms with E-state index in [-0.39, 0.29) is 23.0 Å². The van der Waals surface area contributed by atoms with Crippen LogP contribution in [0.2, 0.25) is 5.02 Å². The van der Waals surface area contributed by atoms with Crippen molar-refractivity contribution in [3.8, 4) is 0 Å². The Labute approximate surface area is 213 Å². The number of hydrogen-bond donors (Lipinski definition) is 3. The molecule has 4 rings (SSSR count). The second kappa shape index (κ2) is 10.6.